The molecule has 0 spiro atoms. The summed E-state index contributed by atoms with van der Waals surface area (Å²) in [6.45, 7) is 1.96. The van der Waals surface area contributed by atoms with Crippen LogP contribution in [0.15, 0.2) is 81.5 Å². The summed E-state index contributed by atoms with van der Waals surface area (Å²) in [7, 11) is 0. The number of carbonyl (C=O) groups excluding carboxylic acids is 1. The van der Waals surface area contributed by atoms with Gasteiger partial charge >= 0.3 is 11.6 Å². The fraction of sp³-hybridized carbons (Fsp3) is 0.120. The predicted octanol–water partition coefficient (Wildman–Crippen LogP) is 4.64. The summed E-state index contributed by atoms with van der Waals surface area (Å²) in [6.07, 6.45) is 0.284. The Hall–Kier alpha value is -4.57. The third-order valence-corrected chi connectivity index (χ3v) is 5.52. The fourth-order valence-corrected chi connectivity index (χ4v) is 3.61. The molecule has 2 aromatic carbocycles. The van der Waals surface area contributed by atoms with Gasteiger partial charge in [0, 0.05) is 34.9 Å². The number of nitrogens with zero attached hydrogens (tertiary/aromatic N) is 3. The molecular formula is C25H20ClN5O5. The minimum Gasteiger partial charge on any atom is -0.439 e. The number of pyridine rings is 1. The number of nitroso groups, excluding NO2 is 1. The number of amides is 1. The average Bonchev–Trinajstić information content (AvgIpc) is 2.88. The summed E-state index contributed by atoms with van der Waals surface area (Å²) in [4.78, 5) is 54.1. The third kappa shape index (κ3) is 5.56. The minimum atomic E-state index is -0.992. The van der Waals surface area contributed by atoms with Crippen LogP contribution in [0.5, 0.6) is 11.6 Å². The first-order valence-electron chi connectivity index (χ1n) is 10.9. The van der Waals surface area contributed by atoms with E-state index < -0.39 is 11.6 Å². The molecule has 1 amide bonds. The monoisotopic (exact) mass is 505 g/mol. The van der Waals surface area contributed by atoms with E-state index in [-0.39, 0.29) is 35.9 Å². The summed E-state index contributed by atoms with van der Waals surface area (Å²) in [5.41, 5.74) is 0.814. The van der Waals surface area contributed by atoms with Crippen LogP contribution in [0.3, 0.4) is 0 Å². The van der Waals surface area contributed by atoms with Gasteiger partial charge in [-0.25, -0.2) is 9.78 Å². The Bertz CT molecular complexity index is 1530. The van der Waals surface area contributed by atoms with Gasteiger partial charge < -0.3 is 10.1 Å². The molecule has 4 aromatic rings. The molecule has 0 saturated carbocycles. The fourth-order valence-electron chi connectivity index (χ4n) is 3.49. The van der Waals surface area contributed by atoms with Gasteiger partial charge in [0.15, 0.2) is 0 Å². The summed E-state index contributed by atoms with van der Waals surface area (Å²) in [5, 5.41) is 6.03. The van der Waals surface area contributed by atoms with Gasteiger partial charge in [-0.05, 0) is 55.0 Å². The first-order chi connectivity index (χ1) is 17.4. The van der Waals surface area contributed by atoms with Crippen LogP contribution < -0.4 is 21.3 Å². The van der Waals surface area contributed by atoms with Gasteiger partial charge in [-0.1, -0.05) is 29.8 Å². The Labute approximate surface area is 209 Å². The first-order valence-corrected chi connectivity index (χ1v) is 11.3. The van der Waals surface area contributed by atoms with Gasteiger partial charge in [0.2, 0.25) is 5.88 Å². The predicted molar refractivity (Wildman–Crippen MR) is 135 cm³/mol. The van der Waals surface area contributed by atoms with Gasteiger partial charge in [0.25, 0.3) is 5.56 Å². The first kappa shape index (κ1) is 24.6. The van der Waals surface area contributed by atoms with Crippen LogP contribution in [0.1, 0.15) is 28.5 Å². The van der Waals surface area contributed by atoms with Crippen LogP contribution in [0.25, 0.3) is 0 Å². The van der Waals surface area contributed by atoms with E-state index in [4.69, 9.17) is 16.3 Å². The highest BCUT2D eigenvalue weighted by Gasteiger charge is 2.15. The number of nitrogens with one attached hydrogen (secondary N) is 2. The van der Waals surface area contributed by atoms with Crippen molar-refractivity contribution in [1.82, 2.24) is 14.5 Å². The van der Waals surface area contributed by atoms with Crippen molar-refractivity contribution in [3.63, 3.8) is 0 Å². The van der Waals surface area contributed by atoms with Crippen LogP contribution in [0, 0.1) is 4.91 Å². The summed E-state index contributed by atoms with van der Waals surface area (Å²) in [6, 6.07) is 18.2. The zero-order chi connectivity index (χ0) is 25.7. The molecular weight excluding hydrogens is 486 g/mol. The number of aromatic nitrogens is 3. The maximum atomic E-state index is 13.1. The normalized spacial score (nSPS) is 10.6. The Kier molecular flexibility index (Phi) is 7.36. The lowest BCUT2D eigenvalue weighted by Gasteiger charge is -2.14. The maximum Gasteiger partial charge on any atom is 0.335 e. The molecule has 2 N–H and O–H groups in total. The number of hydrogen-bond donors (Lipinski definition) is 2. The average molecular weight is 506 g/mol. The number of hydrogen-bond acceptors (Lipinski definition) is 7. The van der Waals surface area contributed by atoms with E-state index in [0.29, 0.717) is 22.0 Å². The molecule has 0 unspecified atom stereocenters. The number of ether oxygens (including phenoxy) is 1. The number of H-pyrrole nitrogens is 1. The highest BCUT2D eigenvalue weighted by Crippen LogP contribution is 2.24. The van der Waals surface area contributed by atoms with Gasteiger partial charge in [-0.15, -0.1) is 4.91 Å². The van der Waals surface area contributed by atoms with E-state index in [9.17, 15) is 19.3 Å². The van der Waals surface area contributed by atoms with E-state index in [0.717, 1.165) is 10.1 Å². The van der Waals surface area contributed by atoms with E-state index in [1.807, 2.05) is 12.1 Å². The molecule has 0 aliphatic rings. The van der Waals surface area contributed by atoms with E-state index in [1.54, 1.807) is 43.3 Å². The minimum absolute atomic E-state index is 0.114. The van der Waals surface area contributed by atoms with E-state index in [2.05, 4.69) is 20.5 Å². The van der Waals surface area contributed by atoms with Crippen molar-refractivity contribution in [1.29, 1.82) is 0 Å². The standard InChI is InChI=1S/C25H20ClN5O5/c1-2-31-24(33)19(14-15-6-8-16(26)9-7-15)22(29-25(31)34)27-17-10-12-18(13-11-17)36-21-5-3-4-20(28-21)23(32)30-35/h3-13,27H,2,14H2,1H3,(H,29,34). The SMILES string of the molecule is CCn1c(=O)[nH]c(Nc2ccc(Oc3cccc(C(=O)N=O)n3)cc2)c(Cc2ccc(Cl)cc2)c1=O. The lowest BCUT2D eigenvalue weighted by atomic mass is 10.1. The van der Waals surface area contributed by atoms with Gasteiger partial charge in [-0.3, -0.25) is 19.1 Å². The molecule has 0 saturated heterocycles. The highest BCUT2D eigenvalue weighted by molar-refractivity contribution is 6.30. The van der Waals surface area contributed by atoms with Crippen molar-refractivity contribution in [3.05, 3.63) is 114 Å². The molecule has 11 heteroatoms. The molecule has 2 aromatic heterocycles. The number of halogens is 1. The van der Waals surface area contributed by atoms with Gasteiger partial charge in [0.05, 0.1) is 5.56 Å². The summed E-state index contributed by atoms with van der Waals surface area (Å²) >= 11 is 5.97. The molecule has 0 bridgehead atoms. The number of aromatic amines is 1. The van der Waals surface area contributed by atoms with Crippen molar-refractivity contribution in [3.8, 4) is 11.6 Å². The molecule has 0 aliphatic carbocycles. The second kappa shape index (κ2) is 10.8. The lowest BCUT2D eigenvalue weighted by molar-refractivity contribution is 0.0995. The molecule has 0 fully saturated rings. The van der Waals surface area contributed by atoms with Gasteiger partial charge in [0.1, 0.15) is 17.3 Å². The maximum absolute atomic E-state index is 13.1. The van der Waals surface area contributed by atoms with Crippen LogP contribution in [0.2, 0.25) is 5.02 Å². The molecule has 2 heterocycles. The second-order valence-corrected chi connectivity index (χ2v) is 8.08. The smallest absolute Gasteiger partial charge is 0.335 e. The van der Waals surface area contributed by atoms with E-state index in [1.165, 1.54) is 18.2 Å². The summed E-state index contributed by atoms with van der Waals surface area (Å²) < 4.78 is 6.78. The molecule has 0 aliphatic heterocycles. The van der Waals surface area contributed by atoms with Gasteiger partial charge in [-0.2, -0.15) is 0 Å². The van der Waals surface area contributed by atoms with Crippen molar-refractivity contribution in [2.24, 2.45) is 5.18 Å². The molecule has 4 rings (SSSR count). The van der Waals surface area contributed by atoms with Crippen molar-refractivity contribution in [2.45, 2.75) is 19.9 Å². The largest absolute Gasteiger partial charge is 0.439 e. The lowest BCUT2D eigenvalue weighted by Crippen LogP contribution is -2.37. The molecule has 0 radical (unpaired) electrons. The van der Waals surface area contributed by atoms with Crippen molar-refractivity contribution >= 4 is 29.0 Å². The Balaban J connectivity index is 1.59. The van der Waals surface area contributed by atoms with Crippen LogP contribution in [0.4, 0.5) is 11.5 Å². The zero-order valence-electron chi connectivity index (χ0n) is 19.0. The number of anilines is 2. The second-order valence-electron chi connectivity index (χ2n) is 7.65. The summed E-state index contributed by atoms with van der Waals surface area (Å²) in [5.74, 6) is -0.183. The zero-order valence-corrected chi connectivity index (χ0v) is 19.8. The quantitative estimate of drug-likeness (QED) is 0.333. The third-order valence-electron chi connectivity index (χ3n) is 5.26. The van der Waals surface area contributed by atoms with Crippen molar-refractivity contribution < 1.29 is 9.53 Å². The Morgan fingerprint density at radius 2 is 1.81 bits per heavy atom. The Morgan fingerprint density at radius 3 is 2.47 bits per heavy atom. The Morgan fingerprint density at radius 1 is 1.08 bits per heavy atom. The molecule has 10 nitrogen and oxygen atoms in total. The molecule has 0 atom stereocenters. The van der Waals surface area contributed by atoms with Crippen LogP contribution in [-0.2, 0) is 13.0 Å². The number of carbonyl (C=O) groups is 1. The molecule has 182 valence electrons. The highest BCUT2D eigenvalue weighted by atomic mass is 35.5. The topological polar surface area (TPSA) is 136 Å². The van der Waals surface area contributed by atoms with Crippen LogP contribution >= 0.6 is 11.6 Å². The number of rotatable bonds is 8. The van der Waals surface area contributed by atoms with Crippen molar-refractivity contribution in [2.75, 3.05) is 5.32 Å². The number of benzene rings is 2. The molecule has 36 heavy (non-hydrogen) atoms. The van der Waals surface area contributed by atoms with Crippen LogP contribution in [-0.4, -0.2) is 20.4 Å². The van der Waals surface area contributed by atoms with E-state index >= 15 is 0 Å².